The van der Waals surface area contributed by atoms with E-state index in [9.17, 15) is 0 Å². The van der Waals surface area contributed by atoms with Gasteiger partial charge in [-0.1, -0.05) is 0 Å². The van der Waals surface area contributed by atoms with Crippen molar-refractivity contribution < 1.29 is 17.4 Å². The molecule has 0 nitrogen and oxygen atoms in total. The molecule has 0 saturated carbocycles. The summed E-state index contributed by atoms with van der Waals surface area (Å²) in [5.41, 5.74) is 3.44. The fourth-order valence-corrected chi connectivity index (χ4v) is 14.4. The quantitative estimate of drug-likeness (QED) is 0.557. The second-order valence-electron chi connectivity index (χ2n) is 7.48. The van der Waals surface area contributed by atoms with Gasteiger partial charge in [0.15, 0.2) is 0 Å². The Kier molecular flexibility index (Phi) is 4.97. The van der Waals surface area contributed by atoms with E-state index in [0.717, 1.165) is 0 Å². The van der Waals surface area contributed by atoms with E-state index in [1.807, 2.05) is 3.28 Å². The Labute approximate surface area is 127 Å². The van der Waals surface area contributed by atoms with Crippen LogP contribution in [0.15, 0.2) is 42.0 Å². The summed E-state index contributed by atoms with van der Waals surface area (Å²) in [5, 5.41) is 0. The third-order valence-electron chi connectivity index (χ3n) is 5.11. The molecule has 0 fully saturated rings. The average Bonchev–Trinajstić information content (AvgIpc) is 3.00. The number of hydrogen-bond acceptors (Lipinski definition) is 0. The van der Waals surface area contributed by atoms with E-state index in [2.05, 4.69) is 54.3 Å². The van der Waals surface area contributed by atoms with Gasteiger partial charge >= 0.3 is 128 Å². The summed E-state index contributed by atoms with van der Waals surface area (Å²) < 4.78 is 8.91. The second kappa shape index (κ2) is 6.05. The standard InChI is InChI=1S/C11H17.C5H5.2CH3.H2Si.Zr/c1-3-6-10-8-5-9-11(10)7-4-2;1-2-4-5-3-1;;;;/h8H,3-4,6-7,9H2,1-2H3;1-3H,4H2;2*1H3;1H2;. The first-order valence-corrected chi connectivity index (χ1v) is 21.5. The van der Waals surface area contributed by atoms with Crippen molar-refractivity contribution in [1.82, 2.24) is 0 Å². The Morgan fingerprint density at radius 1 is 1.10 bits per heavy atom. The summed E-state index contributed by atoms with van der Waals surface area (Å²) >= 11 is -2.80. The summed E-state index contributed by atoms with van der Waals surface area (Å²) in [7, 11) is 0. The summed E-state index contributed by atoms with van der Waals surface area (Å²) in [6.07, 6.45) is 17.3. The van der Waals surface area contributed by atoms with Crippen molar-refractivity contribution in [2.24, 2.45) is 0 Å². The van der Waals surface area contributed by atoms with Crippen molar-refractivity contribution in [2.45, 2.75) is 61.6 Å². The average molecular weight is 366 g/mol. The number of hydrogen-bond donors (Lipinski definition) is 0. The molecule has 0 N–H and O–H groups in total. The molecule has 20 heavy (non-hydrogen) atoms. The minimum atomic E-state index is -2.80. The van der Waals surface area contributed by atoms with Gasteiger partial charge in [0, 0.05) is 0 Å². The monoisotopic (exact) mass is 364 g/mol. The Bertz CT molecular complexity index is 579. The zero-order valence-corrected chi connectivity index (χ0v) is 17.6. The van der Waals surface area contributed by atoms with Crippen molar-refractivity contribution in [2.75, 3.05) is 0 Å². The Morgan fingerprint density at radius 2 is 1.80 bits per heavy atom. The molecule has 0 aromatic heterocycles. The molecule has 0 aromatic carbocycles. The van der Waals surface area contributed by atoms with Crippen LogP contribution in [0.4, 0.5) is 0 Å². The molecule has 0 spiro atoms. The first-order valence-electron chi connectivity index (χ1n) is 8.23. The van der Waals surface area contributed by atoms with Crippen molar-refractivity contribution in [1.29, 1.82) is 0 Å². The van der Waals surface area contributed by atoms with Crippen LogP contribution >= 0.6 is 0 Å². The summed E-state index contributed by atoms with van der Waals surface area (Å²) in [4.78, 5) is 0. The Hall–Kier alpha value is 0.0600. The molecular weight excluding hydrogens is 336 g/mol. The SMILES string of the molecule is CCCC1=C(CCC)C[C]([Zr]([CH3])([CH3])(=[SiH2])[C]2=CC=CC2)=C1. The van der Waals surface area contributed by atoms with Crippen LogP contribution in [0.5, 0.6) is 0 Å². The van der Waals surface area contributed by atoms with Crippen LogP contribution in [0.3, 0.4) is 0 Å². The molecule has 0 heterocycles. The molecule has 2 aliphatic carbocycles. The van der Waals surface area contributed by atoms with E-state index in [4.69, 9.17) is 0 Å². The second-order valence-corrected chi connectivity index (χ2v) is 36.4. The van der Waals surface area contributed by atoms with Gasteiger partial charge in [0.2, 0.25) is 0 Å². The van der Waals surface area contributed by atoms with Crippen LogP contribution in [0.2, 0.25) is 9.26 Å². The van der Waals surface area contributed by atoms with Crippen LogP contribution < -0.4 is 0 Å². The molecule has 0 aliphatic heterocycles. The molecule has 0 aromatic rings. The van der Waals surface area contributed by atoms with Crippen molar-refractivity contribution >= 4 is 6.88 Å². The molecule has 0 radical (unpaired) electrons. The maximum absolute atomic E-state index is 2.80. The maximum atomic E-state index is 2.64. The summed E-state index contributed by atoms with van der Waals surface area (Å²) in [5.74, 6) is 0. The Balaban J connectivity index is 2.32. The van der Waals surface area contributed by atoms with E-state index >= 15 is 0 Å². The van der Waals surface area contributed by atoms with E-state index in [0.29, 0.717) is 0 Å². The van der Waals surface area contributed by atoms with Gasteiger partial charge in [0.25, 0.3) is 0 Å². The molecule has 0 unspecified atom stereocenters. The zero-order valence-electron chi connectivity index (χ0n) is 13.8. The zero-order chi connectivity index (χ0) is 14.8. The molecule has 0 atom stereocenters. The fraction of sp³-hybridized carbons (Fsp3) is 0.556. The molecule has 0 saturated heterocycles. The van der Waals surface area contributed by atoms with Gasteiger partial charge in [-0.15, -0.1) is 0 Å². The van der Waals surface area contributed by atoms with Gasteiger partial charge in [0.1, 0.15) is 0 Å². The van der Waals surface area contributed by atoms with E-state index in [1.165, 1.54) is 38.5 Å². The number of allylic oxidation sites excluding steroid dienone is 8. The third-order valence-corrected chi connectivity index (χ3v) is 22.3. The van der Waals surface area contributed by atoms with E-state index < -0.39 is 17.4 Å². The number of rotatable bonds is 6. The fourth-order valence-electron chi connectivity index (χ4n) is 3.54. The van der Waals surface area contributed by atoms with Crippen LogP contribution in [-0.2, 0) is 17.4 Å². The molecule has 0 amide bonds. The molecule has 2 aliphatic rings. The first-order chi connectivity index (χ1) is 9.37. The predicted molar refractivity (Wildman–Crippen MR) is 91.7 cm³/mol. The van der Waals surface area contributed by atoms with Gasteiger partial charge in [-0.3, -0.25) is 0 Å². The van der Waals surface area contributed by atoms with E-state index in [-0.39, 0.29) is 0 Å². The van der Waals surface area contributed by atoms with Gasteiger partial charge in [0.05, 0.1) is 0 Å². The molecule has 2 rings (SSSR count). The van der Waals surface area contributed by atoms with Gasteiger partial charge in [-0.2, -0.15) is 0 Å². The predicted octanol–water partition coefficient (Wildman–Crippen LogP) is 5.35. The van der Waals surface area contributed by atoms with Crippen molar-refractivity contribution in [3.8, 4) is 0 Å². The minimum absolute atomic E-state index is 1.21. The summed E-state index contributed by atoms with van der Waals surface area (Å²) in [6.45, 7) is 7.01. The first kappa shape index (κ1) is 16.4. The summed E-state index contributed by atoms with van der Waals surface area (Å²) in [6, 6.07) is 0. The molecule has 2 heteroatoms. The van der Waals surface area contributed by atoms with Crippen LogP contribution in [0, 0.1) is 0 Å². The van der Waals surface area contributed by atoms with Gasteiger partial charge in [-0.05, 0) is 0 Å². The normalized spacial score (nSPS) is 19.6. The van der Waals surface area contributed by atoms with E-state index in [1.54, 1.807) is 14.4 Å². The molecule has 0 bridgehead atoms. The molecule has 110 valence electrons. The third kappa shape index (κ3) is 3.12. The van der Waals surface area contributed by atoms with Gasteiger partial charge in [-0.25, -0.2) is 0 Å². The topological polar surface area (TPSA) is 0 Å². The van der Waals surface area contributed by atoms with Crippen LogP contribution in [0.25, 0.3) is 0 Å². The molecular formula is C18H30SiZr. The van der Waals surface area contributed by atoms with Crippen LogP contribution in [0.1, 0.15) is 52.4 Å². The van der Waals surface area contributed by atoms with Crippen LogP contribution in [-0.4, -0.2) is 6.88 Å². The van der Waals surface area contributed by atoms with Gasteiger partial charge < -0.3 is 0 Å². The Morgan fingerprint density at radius 3 is 2.35 bits per heavy atom. The van der Waals surface area contributed by atoms with Crippen molar-refractivity contribution in [3.63, 3.8) is 0 Å². The van der Waals surface area contributed by atoms with Crippen molar-refractivity contribution in [3.05, 3.63) is 42.0 Å².